The maximum Gasteiger partial charge on any atom is 0.134 e. The molecule has 3 rings (SSSR count). The van der Waals surface area contributed by atoms with Crippen LogP contribution in [0, 0.1) is 0 Å². The van der Waals surface area contributed by atoms with Crippen molar-refractivity contribution in [1.82, 2.24) is 9.78 Å². The van der Waals surface area contributed by atoms with Crippen molar-refractivity contribution >= 4 is 12.2 Å². The molecule has 0 radical (unpaired) electrons. The smallest absolute Gasteiger partial charge is 0.134 e. The molecule has 86 valence electrons. The van der Waals surface area contributed by atoms with Crippen LogP contribution in [0.4, 0.5) is 5.82 Å². The molecule has 4 heteroatoms. The summed E-state index contributed by atoms with van der Waals surface area (Å²) in [5, 5.41) is 7.40. The number of nitrogens with zero attached hydrogens (tertiary/aromatic N) is 3. The van der Waals surface area contributed by atoms with Gasteiger partial charge in [0.25, 0.3) is 0 Å². The van der Waals surface area contributed by atoms with Gasteiger partial charge >= 0.3 is 0 Å². The molecule has 1 aliphatic rings. The third-order valence-electron chi connectivity index (χ3n) is 3.05. The molecule has 0 spiro atoms. The van der Waals surface area contributed by atoms with Crippen molar-refractivity contribution in [3.05, 3.63) is 47.7 Å². The highest BCUT2D eigenvalue weighted by Gasteiger charge is 2.20. The van der Waals surface area contributed by atoms with Crippen molar-refractivity contribution in [2.45, 2.75) is 12.5 Å². The van der Waals surface area contributed by atoms with E-state index in [1.165, 1.54) is 11.1 Å². The first-order valence-electron chi connectivity index (χ1n) is 5.68. The van der Waals surface area contributed by atoms with Crippen LogP contribution in [-0.4, -0.2) is 16.1 Å². The summed E-state index contributed by atoms with van der Waals surface area (Å²) in [7, 11) is 1.94. The molecular weight excluding hydrogens is 212 g/mol. The second-order valence-corrected chi connectivity index (χ2v) is 4.20. The SMILES string of the molecule is Cn1ncc2c1NC=NC2Cc1ccccc1. The molecule has 2 aromatic rings. The topological polar surface area (TPSA) is 42.2 Å². The Labute approximate surface area is 100.0 Å². The lowest BCUT2D eigenvalue weighted by molar-refractivity contribution is 0.718. The van der Waals surface area contributed by atoms with Crippen LogP contribution in [0.1, 0.15) is 17.2 Å². The van der Waals surface area contributed by atoms with Gasteiger partial charge in [-0.15, -0.1) is 0 Å². The standard InChI is InChI=1S/C13H14N4/c1-17-13-11(8-16-17)12(14-9-15-13)7-10-5-3-2-4-6-10/h2-6,8-9,12H,7H2,1H3,(H,14,15). The number of aromatic nitrogens is 2. The van der Waals surface area contributed by atoms with Crippen molar-refractivity contribution in [2.24, 2.45) is 12.0 Å². The predicted octanol–water partition coefficient (Wildman–Crippen LogP) is 2.16. The summed E-state index contributed by atoms with van der Waals surface area (Å²) in [6.45, 7) is 0. The molecule has 0 fully saturated rings. The summed E-state index contributed by atoms with van der Waals surface area (Å²) in [5.74, 6) is 1.04. The zero-order valence-electron chi connectivity index (χ0n) is 9.67. The van der Waals surface area contributed by atoms with Gasteiger partial charge in [0, 0.05) is 12.6 Å². The largest absolute Gasteiger partial charge is 0.331 e. The van der Waals surface area contributed by atoms with Gasteiger partial charge in [-0.2, -0.15) is 5.10 Å². The van der Waals surface area contributed by atoms with Gasteiger partial charge in [-0.05, 0) is 12.0 Å². The van der Waals surface area contributed by atoms with Gasteiger partial charge in [0.1, 0.15) is 5.82 Å². The number of rotatable bonds is 2. The molecule has 0 aliphatic carbocycles. The van der Waals surface area contributed by atoms with E-state index in [1.807, 2.05) is 24.0 Å². The van der Waals surface area contributed by atoms with Crippen LogP contribution in [0.2, 0.25) is 0 Å². The fourth-order valence-electron chi connectivity index (χ4n) is 2.14. The molecular formula is C13H14N4. The van der Waals surface area contributed by atoms with Crippen LogP contribution in [0.15, 0.2) is 41.5 Å². The Morgan fingerprint density at radius 1 is 1.29 bits per heavy atom. The summed E-state index contributed by atoms with van der Waals surface area (Å²) < 4.78 is 1.85. The minimum absolute atomic E-state index is 0.169. The molecule has 1 aromatic heterocycles. The zero-order valence-corrected chi connectivity index (χ0v) is 9.67. The van der Waals surface area contributed by atoms with Crippen molar-refractivity contribution in [3.8, 4) is 0 Å². The van der Waals surface area contributed by atoms with Crippen LogP contribution in [0.3, 0.4) is 0 Å². The van der Waals surface area contributed by atoms with Crippen LogP contribution in [0.25, 0.3) is 0 Å². The monoisotopic (exact) mass is 226 g/mol. The van der Waals surface area contributed by atoms with Gasteiger partial charge in [0.2, 0.25) is 0 Å². The van der Waals surface area contributed by atoms with E-state index in [9.17, 15) is 0 Å². The highest BCUT2D eigenvalue weighted by Crippen LogP contribution is 2.30. The molecule has 1 aliphatic heterocycles. The molecule has 0 bridgehead atoms. The zero-order chi connectivity index (χ0) is 11.7. The van der Waals surface area contributed by atoms with Gasteiger partial charge in [0.05, 0.1) is 18.6 Å². The first-order chi connectivity index (χ1) is 8.34. The van der Waals surface area contributed by atoms with E-state index in [0.717, 1.165) is 12.2 Å². The summed E-state index contributed by atoms with van der Waals surface area (Å²) >= 11 is 0. The van der Waals surface area contributed by atoms with E-state index in [-0.39, 0.29) is 6.04 Å². The molecule has 1 atom stereocenters. The molecule has 0 amide bonds. The van der Waals surface area contributed by atoms with E-state index in [1.54, 1.807) is 6.34 Å². The number of hydrogen-bond acceptors (Lipinski definition) is 3. The molecule has 2 heterocycles. The lowest BCUT2D eigenvalue weighted by Crippen LogP contribution is -2.13. The minimum atomic E-state index is 0.169. The number of aryl methyl sites for hydroxylation is 1. The molecule has 17 heavy (non-hydrogen) atoms. The number of fused-ring (bicyclic) bond motifs is 1. The highest BCUT2D eigenvalue weighted by molar-refractivity contribution is 5.78. The Kier molecular flexibility index (Phi) is 2.40. The first-order valence-corrected chi connectivity index (χ1v) is 5.68. The molecule has 0 saturated carbocycles. The summed E-state index contributed by atoms with van der Waals surface area (Å²) in [6, 6.07) is 10.6. The molecule has 1 aromatic carbocycles. The van der Waals surface area contributed by atoms with E-state index < -0.39 is 0 Å². The van der Waals surface area contributed by atoms with E-state index in [4.69, 9.17) is 0 Å². The van der Waals surface area contributed by atoms with Crippen LogP contribution < -0.4 is 5.32 Å². The van der Waals surface area contributed by atoms with Crippen molar-refractivity contribution in [2.75, 3.05) is 5.32 Å². The Hall–Kier alpha value is -2.10. The Morgan fingerprint density at radius 3 is 2.94 bits per heavy atom. The summed E-state index contributed by atoms with van der Waals surface area (Å²) in [5.41, 5.74) is 2.46. The van der Waals surface area contributed by atoms with Gasteiger partial charge in [-0.1, -0.05) is 30.3 Å². The van der Waals surface area contributed by atoms with Crippen LogP contribution in [0.5, 0.6) is 0 Å². The van der Waals surface area contributed by atoms with E-state index in [2.05, 4.69) is 39.7 Å². The Morgan fingerprint density at radius 2 is 2.12 bits per heavy atom. The van der Waals surface area contributed by atoms with Gasteiger partial charge in [0.15, 0.2) is 0 Å². The lowest BCUT2D eigenvalue weighted by atomic mass is 10.0. The molecule has 0 saturated heterocycles. The van der Waals surface area contributed by atoms with Crippen molar-refractivity contribution in [3.63, 3.8) is 0 Å². The molecule has 1 N–H and O–H groups in total. The number of nitrogens with one attached hydrogen (secondary N) is 1. The minimum Gasteiger partial charge on any atom is -0.331 e. The Balaban J connectivity index is 1.89. The van der Waals surface area contributed by atoms with E-state index in [0.29, 0.717) is 0 Å². The second-order valence-electron chi connectivity index (χ2n) is 4.20. The van der Waals surface area contributed by atoms with Gasteiger partial charge < -0.3 is 5.32 Å². The number of benzene rings is 1. The number of aliphatic imine (C=N–C) groups is 1. The van der Waals surface area contributed by atoms with Gasteiger partial charge in [-0.3, -0.25) is 9.67 Å². The van der Waals surface area contributed by atoms with E-state index >= 15 is 0 Å². The van der Waals surface area contributed by atoms with Crippen molar-refractivity contribution < 1.29 is 0 Å². The normalized spacial score (nSPS) is 17.6. The fraction of sp³-hybridized carbons (Fsp3) is 0.231. The highest BCUT2D eigenvalue weighted by atomic mass is 15.3. The maximum atomic E-state index is 4.49. The summed E-state index contributed by atoms with van der Waals surface area (Å²) in [4.78, 5) is 4.49. The number of hydrogen-bond donors (Lipinski definition) is 1. The quantitative estimate of drug-likeness (QED) is 0.852. The molecule has 1 unspecified atom stereocenters. The predicted molar refractivity (Wildman–Crippen MR) is 68.2 cm³/mol. The average molecular weight is 226 g/mol. The van der Waals surface area contributed by atoms with Crippen molar-refractivity contribution in [1.29, 1.82) is 0 Å². The average Bonchev–Trinajstić information content (AvgIpc) is 2.74. The summed E-state index contributed by atoms with van der Waals surface area (Å²) in [6.07, 6.45) is 4.57. The lowest BCUT2D eigenvalue weighted by Gasteiger charge is -2.17. The third kappa shape index (κ3) is 1.82. The van der Waals surface area contributed by atoms with Crippen LogP contribution >= 0.6 is 0 Å². The molecule has 4 nitrogen and oxygen atoms in total. The maximum absolute atomic E-state index is 4.49. The number of anilines is 1. The Bertz CT molecular complexity index is 542. The van der Waals surface area contributed by atoms with Gasteiger partial charge in [-0.25, -0.2) is 0 Å². The third-order valence-corrected chi connectivity index (χ3v) is 3.05. The fourth-order valence-corrected chi connectivity index (χ4v) is 2.14. The van der Waals surface area contributed by atoms with Crippen LogP contribution in [-0.2, 0) is 13.5 Å². The first kappa shape index (κ1) is 10.1. The second kappa shape index (κ2) is 4.05.